The number of carbonyl (C=O) groups is 1. The molecule has 0 saturated carbocycles. The molecule has 1 aromatic rings. The molecular formula is C14H24ClN3O3S. The smallest absolute Gasteiger partial charge is 0.231 e. The average Bonchev–Trinajstić information content (AvgIpc) is 2.40. The quantitative estimate of drug-likeness (QED) is 0.693. The van der Waals surface area contributed by atoms with Crippen LogP contribution in [0, 0.1) is 5.41 Å². The highest BCUT2D eigenvalue weighted by atomic mass is 35.5. The number of amides is 1. The number of primary sulfonamides is 1. The summed E-state index contributed by atoms with van der Waals surface area (Å²) in [5.41, 5.74) is 6.21. The van der Waals surface area contributed by atoms with Crippen molar-refractivity contribution >= 4 is 34.0 Å². The lowest BCUT2D eigenvalue weighted by atomic mass is 9.81. The van der Waals surface area contributed by atoms with Crippen LogP contribution >= 0.6 is 12.4 Å². The fraction of sp³-hybridized carbons (Fsp3) is 0.500. The van der Waals surface area contributed by atoms with E-state index < -0.39 is 15.4 Å². The molecule has 8 heteroatoms. The van der Waals surface area contributed by atoms with Crippen LogP contribution in [0.15, 0.2) is 24.3 Å². The molecule has 0 aliphatic carbocycles. The van der Waals surface area contributed by atoms with Gasteiger partial charge < -0.3 is 11.1 Å². The molecule has 1 aromatic carbocycles. The van der Waals surface area contributed by atoms with Gasteiger partial charge in [-0.1, -0.05) is 26.0 Å². The molecule has 0 unspecified atom stereocenters. The zero-order valence-electron chi connectivity index (χ0n) is 12.8. The van der Waals surface area contributed by atoms with Crippen molar-refractivity contribution in [3.63, 3.8) is 0 Å². The number of carbonyl (C=O) groups excluding carboxylic acids is 1. The van der Waals surface area contributed by atoms with Crippen molar-refractivity contribution in [2.24, 2.45) is 16.3 Å². The lowest BCUT2D eigenvalue weighted by Crippen LogP contribution is -2.41. The largest absolute Gasteiger partial charge is 0.329 e. The maximum Gasteiger partial charge on any atom is 0.231 e. The van der Waals surface area contributed by atoms with Crippen molar-refractivity contribution in [1.29, 1.82) is 0 Å². The van der Waals surface area contributed by atoms with Crippen LogP contribution in [-0.4, -0.2) is 20.9 Å². The highest BCUT2D eigenvalue weighted by Crippen LogP contribution is 2.27. The van der Waals surface area contributed by atoms with Crippen LogP contribution in [0.4, 0.5) is 5.69 Å². The van der Waals surface area contributed by atoms with Crippen molar-refractivity contribution in [1.82, 2.24) is 0 Å². The van der Waals surface area contributed by atoms with E-state index in [9.17, 15) is 13.2 Å². The fourth-order valence-corrected chi connectivity index (χ4v) is 2.83. The zero-order valence-corrected chi connectivity index (χ0v) is 14.5. The van der Waals surface area contributed by atoms with Crippen LogP contribution in [0.2, 0.25) is 0 Å². The number of rotatable bonds is 7. The number of hydrogen-bond acceptors (Lipinski definition) is 4. The number of anilines is 1. The summed E-state index contributed by atoms with van der Waals surface area (Å²) in [4.78, 5) is 12.4. The van der Waals surface area contributed by atoms with Crippen LogP contribution in [0.3, 0.4) is 0 Å². The van der Waals surface area contributed by atoms with Gasteiger partial charge in [-0.25, -0.2) is 13.6 Å². The fourth-order valence-electron chi connectivity index (χ4n) is 2.19. The van der Waals surface area contributed by atoms with Gasteiger partial charge in [-0.2, -0.15) is 0 Å². The van der Waals surface area contributed by atoms with E-state index in [4.69, 9.17) is 10.9 Å². The van der Waals surface area contributed by atoms with Gasteiger partial charge in [0.1, 0.15) is 0 Å². The van der Waals surface area contributed by atoms with Crippen LogP contribution < -0.4 is 16.2 Å². The molecule has 0 heterocycles. The van der Waals surface area contributed by atoms with Gasteiger partial charge in [0.15, 0.2) is 0 Å². The number of nitrogens with two attached hydrogens (primary N) is 2. The minimum atomic E-state index is -3.60. The molecule has 5 N–H and O–H groups in total. The zero-order chi connectivity index (χ0) is 16.1. The Balaban J connectivity index is 0.00000441. The number of halogens is 1. The predicted octanol–water partition coefficient (Wildman–Crippen LogP) is 1.60. The Morgan fingerprint density at radius 1 is 1.27 bits per heavy atom. The number of benzene rings is 1. The van der Waals surface area contributed by atoms with Crippen molar-refractivity contribution in [3.05, 3.63) is 29.8 Å². The van der Waals surface area contributed by atoms with Gasteiger partial charge in [-0.05, 0) is 30.5 Å². The van der Waals surface area contributed by atoms with E-state index in [1.54, 1.807) is 24.3 Å². The second-order valence-corrected chi connectivity index (χ2v) is 6.77. The summed E-state index contributed by atoms with van der Waals surface area (Å²) >= 11 is 0. The molecule has 126 valence electrons. The van der Waals surface area contributed by atoms with Crippen molar-refractivity contribution in [2.45, 2.75) is 32.4 Å². The molecule has 0 saturated heterocycles. The topological polar surface area (TPSA) is 115 Å². The van der Waals surface area contributed by atoms with E-state index in [0.717, 1.165) is 0 Å². The van der Waals surface area contributed by atoms with Crippen LogP contribution in [0.5, 0.6) is 0 Å². The normalized spacial score (nSPS) is 11.6. The number of hydrogen-bond donors (Lipinski definition) is 3. The molecule has 0 bridgehead atoms. The lowest BCUT2D eigenvalue weighted by molar-refractivity contribution is -0.125. The number of sulfonamides is 1. The van der Waals surface area contributed by atoms with E-state index in [0.29, 0.717) is 24.1 Å². The minimum absolute atomic E-state index is 0. The molecule has 6 nitrogen and oxygen atoms in total. The van der Waals surface area contributed by atoms with E-state index >= 15 is 0 Å². The highest BCUT2D eigenvalue weighted by molar-refractivity contribution is 7.88. The second-order valence-electron chi connectivity index (χ2n) is 5.15. The Kier molecular flexibility index (Phi) is 8.03. The third kappa shape index (κ3) is 5.57. The van der Waals surface area contributed by atoms with Gasteiger partial charge in [0.05, 0.1) is 11.2 Å². The molecule has 0 spiro atoms. The molecular weight excluding hydrogens is 326 g/mol. The van der Waals surface area contributed by atoms with Crippen LogP contribution in [-0.2, 0) is 20.6 Å². The molecule has 0 aliphatic heterocycles. The third-order valence-corrected chi connectivity index (χ3v) is 4.51. The van der Waals surface area contributed by atoms with Gasteiger partial charge in [-0.3, -0.25) is 4.79 Å². The van der Waals surface area contributed by atoms with Gasteiger partial charge >= 0.3 is 0 Å². The summed E-state index contributed by atoms with van der Waals surface area (Å²) < 4.78 is 22.2. The first-order chi connectivity index (χ1) is 9.76. The maximum absolute atomic E-state index is 12.4. The standard InChI is InChI=1S/C14H23N3O3S.ClH/c1-3-14(4-2,10-15)13(18)17-12-7-5-6-11(8-12)9-21(16,19)20;/h5-8H,3-4,9-10,15H2,1-2H3,(H,17,18)(H2,16,19,20);1H. The molecule has 0 aromatic heterocycles. The Bertz CT molecular complexity index is 593. The third-order valence-electron chi connectivity index (χ3n) is 3.78. The molecule has 22 heavy (non-hydrogen) atoms. The van der Waals surface area contributed by atoms with Gasteiger partial charge in [0.25, 0.3) is 0 Å². The van der Waals surface area contributed by atoms with Crippen LogP contribution in [0.25, 0.3) is 0 Å². The molecule has 0 radical (unpaired) electrons. The Hall–Kier alpha value is -1.15. The summed E-state index contributed by atoms with van der Waals surface area (Å²) in [6.07, 6.45) is 1.28. The van der Waals surface area contributed by atoms with E-state index in [1.165, 1.54) is 0 Å². The van der Waals surface area contributed by atoms with Gasteiger partial charge in [-0.15, -0.1) is 12.4 Å². The highest BCUT2D eigenvalue weighted by Gasteiger charge is 2.33. The first kappa shape index (κ1) is 20.9. The monoisotopic (exact) mass is 349 g/mol. The lowest BCUT2D eigenvalue weighted by Gasteiger charge is -2.28. The summed E-state index contributed by atoms with van der Waals surface area (Å²) in [7, 11) is -3.60. The molecule has 1 rings (SSSR count). The van der Waals surface area contributed by atoms with Crippen molar-refractivity contribution in [3.8, 4) is 0 Å². The minimum Gasteiger partial charge on any atom is -0.329 e. The Morgan fingerprint density at radius 3 is 2.32 bits per heavy atom. The van der Waals surface area contributed by atoms with Gasteiger partial charge in [0, 0.05) is 12.2 Å². The molecule has 0 atom stereocenters. The average molecular weight is 350 g/mol. The van der Waals surface area contributed by atoms with Crippen molar-refractivity contribution in [2.75, 3.05) is 11.9 Å². The van der Waals surface area contributed by atoms with E-state index in [-0.39, 0.29) is 30.6 Å². The predicted molar refractivity (Wildman–Crippen MR) is 91.2 cm³/mol. The summed E-state index contributed by atoms with van der Waals surface area (Å²) in [5, 5.41) is 7.83. The molecule has 1 amide bonds. The summed E-state index contributed by atoms with van der Waals surface area (Å²) in [6.45, 7) is 4.11. The van der Waals surface area contributed by atoms with E-state index in [1.807, 2.05) is 13.8 Å². The Labute approximate surface area is 138 Å². The number of nitrogens with one attached hydrogen (secondary N) is 1. The molecule has 0 fully saturated rings. The van der Waals surface area contributed by atoms with Gasteiger partial charge in [0.2, 0.25) is 15.9 Å². The first-order valence-electron chi connectivity index (χ1n) is 6.87. The summed E-state index contributed by atoms with van der Waals surface area (Å²) in [5.74, 6) is -0.414. The summed E-state index contributed by atoms with van der Waals surface area (Å²) in [6, 6.07) is 6.64. The molecule has 0 aliphatic rings. The Morgan fingerprint density at radius 2 is 1.86 bits per heavy atom. The van der Waals surface area contributed by atoms with Crippen LogP contribution in [0.1, 0.15) is 32.3 Å². The van der Waals surface area contributed by atoms with Crippen molar-refractivity contribution < 1.29 is 13.2 Å². The van der Waals surface area contributed by atoms with E-state index in [2.05, 4.69) is 5.32 Å². The first-order valence-corrected chi connectivity index (χ1v) is 8.59. The maximum atomic E-state index is 12.4. The second kappa shape index (κ2) is 8.47. The SMILES string of the molecule is CCC(CC)(CN)C(=O)Nc1cccc(CS(N)(=O)=O)c1.Cl.